The van der Waals surface area contributed by atoms with Crippen molar-refractivity contribution in [3.8, 4) is 11.8 Å². The van der Waals surface area contributed by atoms with Gasteiger partial charge in [0, 0.05) is 22.8 Å². The van der Waals surface area contributed by atoms with E-state index in [0.29, 0.717) is 11.1 Å². The number of nitrogens with zero attached hydrogens (tertiary/aromatic N) is 2. The number of rotatable bonds is 6. The molecule has 2 N–H and O–H groups in total. The van der Waals surface area contributed by atoms with Gasteiger partial charge in [0.25, 0.3) is 5.91 Å². The van der Waals surface area contributed by atoms with Gasteiger partial charge in [0.1, 0.15) is 11.6 Å². The Labute approximate surface area is 190 Å². The smallest absolute Gasteiger partial charge is 0.337 e. The first-order valence-corrected chi connectivity index (χ1v) is 9.89. The van der Waals surface area contributed by atoms with Crippen molar-refractivity contribution in [2.75, 3.05) is 12.4 Å². The van der Waals surface area contributed by atoms with Crippen molar-refractivity contribution in [1.82, 2.24) is 4.57 Å². The van der Waals surface area contributed by atoms with E-state index >= 15 is 0 Å². The van der Waals surface area contributed by atoms with Gasteiger partial charge >= 0.3 is 11.9 Å². The second-order valence-electron chi connectivity index (χ2n) is 7.21. The minimum Gasteiger partial charge on any atom is -0.478 e. The van der Waals surface area contributed by atoms with Crippen molar-refractivity contribution >= 4 is 29.6 Å². The highest BCUT2D eigenvalue weighted by atomic mass is 16.5. The number of hydrogen-bond donors (Lipinski definition) is 2. The highest BCUT2D eigenvalue weighted by Gasteiger charge is 2.15. The lowest BCUT2D eigenvalue weighted by Crippen LogP contribution is -2.14. The fourth-order valence-electron chi connectivity index (χ4n) is 3.43. The zero-order chi connectivity index (χ0) is 24.1. The van der Waals surface area contributed by atoms with Gasteiger partial charge in [-0.2, -0.15) is 5.26 Å². The number of hydrogen-bond acceptors (Lipinski definition) is 5. The Morgan fingerprint density at radius 3 is 2.36 bits per heavy atom. The van der Waals surface area contributed by atoms with Crippen molar-refractivity contribution in [3.63, 3.8) is 0 Å². The first-order chi connectivity index (χ1) is 15.7. The average Bonchev–Trinajstić information content (AvgIpc) is 3.09. The second kappa shape index (κ2) is 9.66. The Morgan fingerprint density at radius 1 is 1.06 bits per heavy atom. The van der Waals surface area contributed by atoms with Crippen LogP contribution in [0.3, 0.4) is 0 Å². The van der Waals surface area contributed by atoms with Crippen LogP contribution in [0.5, 0.6) is 0 Å². The number of carboxylic acid groups (broad SMARTS) is 1. The number of aryl methyl sites for hydroxylation is 1. The number of carboxylic acids is 1. The molecule has 0 spiro atoms. The normalized spacial score (nSPS) is 10.9. The van der Waals surface area contributed by atoms with E-state index < -0.39 is 17.8 Å². The fourth-order valence-corrected chi connectivity index (χ4v) is 3.43. The lowest BCUT2D eigenvalue weighted by molar-refractivity contribution is -0.112. The number of aromatic nitrogens is 1. The van der Waals surface area contributed by atoms with Crippen molar-refractivity contribution in [3.05, 3.63) is 88.2 Å². The monoisotopic (exact) mass is 443 g/mol. The number of nitrogens with one attached hydrogen (secondary N) is 1. The van der Waals surface area contributed by atoms with Crippen LogP contribution in [0.4, 0.5) is 5.69 Å². The molecule has 2 aromatic carbocycles. The Hall–Kier alpha value is -4.64. The number of ether oxygens (including phenoxy) is 1. The lowest BCUT2D eigenvalue weighted by atomic mass is 10.1. The van der Waals surface area contributed by atoms with Gasteiger partial charge in [-0.1, -0.05) is 6.07 Å². The molecule has 0 aliphatic carbocycles. The standard InChI is InChI=1S/C25H21N3O5/c1-15-11-19(16(2)28(15)22-9-7-17(8-10-22)25(32)33-3)12-20(14-26)23(29)27-21-6-4-5-18(13-21)24(30)31/h4-13H,1-3H3,(H,27,29)(H,30,31)/b20-12-. The number of benzene rings is 2. The highest BCUT2D eigenvalue weighted by molar-refractivity contribution is 6.10. The van der Waals surface area contributed by atoms with Crippen LogP contribution >= 0.6 is 0 Å². The molecule has 0 bridgehead atoms. The van der Waals surface area contributed by atoms with Gasteiger partial charge in [0.2, 0.25) is 0 Å². The molecule has 3 rings (SSSR count). The predicted octanol–water partition coefficient (Wildman–Crippen LogP) is 4.12. The van der Waals surface area contributed by atoms with Gasteiger partial charge < -0.3 is 19.7 Å². The molecule has 166 valence electrons. The summed E-state index contributed by atoms with van der Waals surface area (Å²) in [5.74, 6) is -2.19. The lowest BCUT2D eigenvalue weighted by Gasteiger charge is -2.10. The molecule has 0 unspecified atom stereocenters. The van der Waals surface area contributed by atoms with Gasteiger partial charge in [-0.3, -0.25) is 4.79 Å². The van der Waals surface area contributed by atoms with E-state index in [-0.39, 0.29) is 16.8 Å². The number of amides is 1. The third-order valence-electron chi connectivity index (χ3n) is 5.05. The van der Waals surface area contributed by atoms with Crippen LogP contribution in [0.1, 0.15) is 37.7 Å². The third kappa shape index (κ3) is 4.99. The topological polar surface area (TPSA) is 121 Å². The summed E-state index contributed by atoms with van der Waals surface area (Å²) < 4.78 is 6.66. The Bertz CT molecular complexity index is 1310. The minimum atomic E-state index is -1.12. The third-order valence-corrected chi connectivity index (χ3v) is 5.05. The maximum atomic E-state index is 12.6. The van der Waals surface area contributed by atoms with Crippen LogP contribution in [0.15, 0.2) is 60.2 Å². The molecule has 1 amide bonds. The summed E-state index contributed by atoms with van der Waals surface area (Å²) in [7, 11) is 1.32. The van der Waals surface area contributed by atoms with E-state index in [1.165, 1.54) is 31.4 Å². The summed E-state index contributed by atoms with van der Waals surface area (Å²) in [4.78, 5) is 35.4. The molecule has 8 heteroatoms. The van der Waals surface area contributed by atoms with Crippen LogP contribution < -0.4 is 5.32 Å². The van der Waals surface area contributed by atoms with E-state index in [1.807, 2.05) is 30.6 Å². The number of anilines is 1. The first-order valence-electron chi connectivity index (χ1n) is 9.89. The largest absolute Gasteiger partial charge is 0.478 e. The molecule has 0 fully saturated rings. The predicted molar refractivity (Wildman–Crippen MR) is 122 cm³/mol. The molecule has 0 aliphatic rings. The van der Waals surface area contributed by atoms with Crippen molar-refractivity contribution < 1.29 is 24.2 Å². The van der Waals surface area contributed by atoms with Gasteiger partial charge in [-0.05, 0) is 74.0 Å². The molecular formula is C25H21N3O5. The second-order valence-corrected chi connectivity index (χ2v) is 7.21. The number of aromatic carboxylic acids is 1. The van der Waals surface area contributed by atoms with Crippen LogP contribution in [-0.2, 0) is 9.53 Å². The quantitative estimate of drug-likeness (QED) is 0.336. The average molecular weight is 443 g/mol. The Kier molecular flexibility index (Phi) is 6.74. The van der Waals surface area contributed by atoms with E-state index in [4.69, 9.17) is 9.84 Å². The SMILES string of the molecule is COC(=O)c1ccc(-n2c(C)cc(/C=C(/C#N)C(=O)Nc3cccc(C(=O)O)c3)c2C)cc1. The van der Waals surface area contributed by atoms with Gasteiger partial charge in [-0.15, -0.1) is 0 Å². The molecule has 0 atom stereocenters. The van der Waals surface area contributed by atoms with Gasteiger partial charge in [0.05, 0.1) is 18.2 Å². The maximum Gasteiger partial charge on any atom is 0.337 e. The molecule has 1 aromatic heterocycles. The molecule has 0 aliphatic heterocycles. The van der Waals surface area contributed by atoms with Crippen LogP contribution in [-0.4, -0.2) is 34.6 Å². The molecule has 8 nitrogen and oxygen atoms in total. The number of carbonyl (C=O) groups is 3. The molecule has 3 aromatic rings. The minimum absolute atomic E-state index is 0.0250. The number of esters is 1. The zero-order valence-electron chi connectivity index (χ0n) is 18.2. The molecule has 1 heterocycles. The number of nitriles is 1. The van der Waals surface area contributed by atoms with E-state index in [0.717, 1.165) is 17.1 Å². The van der Waals surface area contributed by atoms with Crippen LogP contribution in [0, 0.1) is 25.2 Å². The Morgan fingerprint density at radius 2 is 1.76 bits per heavy atom. The highest BCUT2D eigenvalue weighted by Crippen LogP contribution is 2.24. The van der Waals surface area contributed by atoms with Gasteiger partial charge in [0.15, 0.2) is 0 Å². The zero-order valence-corrected chi connectivity index (χ0v) is 18.2. The van der Waals surface area contributed by atoms with Gasteiger partial charge in [-0.25, -0.2) is 9.59 Å². The fraction of sp³-hybridized carbons (Fsp3) is 0.120. The van der Waals surface area contributed by atoms with E-state index in [2.05, 4.69) is 5.32 Å². The van der Waals surface area contributed by atoms with Crippen LogP contribution in [0.2, 0.25) is 0 Å². The summed E-state index contributed by atoms with van der Waals surface area (Å²) in [5.41, 5.74) is 3.76. The summed E-state index contributed by atoms with van der Waals surface area (Å²) in [6.07, 6.45) is 1.48. The summed E-state index contributed by atoms with van der Waals surface area (Å²) in [6.45, 7) is 3.75. The Balaban J connectivity index is 1.90. The summed E-state index contributed by atoms with van der Waals surface area (Å²) in [5, 5.41) is 21.2. The molecular weight excluding hydrogens is 422 g/mol. The number of carbonyl (C=O) groups excluding carboxylic acids is 2. The van der Waals surface area contributed by atoms with E-state index in [9.17, 15) is 19.6 Å². The maximum absolute atomic E-state index is 12.6. The first kappa shape index (κ1) is 23.0. The molecule has 0 radical (unpaired) electrons. The van der Waals surface area contributed by atoms with E-state index in [1.54, 1.807) is 30.3 Å². The molecule has 33 heavy (non-hydrogen) atoms. The van der Waals surface area contributed by atoms with Crippen molar-refractivity contribution in [1.29, 1.82) is 5.26 Å². The van der Waals surface area contributed by atoms with Crippen molar-refractivity contribution in [2.24, 2.45) is 0 Å². The summed E-state index contributed by atoms with van der Waals surface area (Å²) in [6, 6.07) is 16.4. The molecule has 0 saturated carbocycles. The van der Waals surface area contributed by atoms with Crippen LogP contribution in [0.25, 0.3) is 11.8 Å². The van der Waals surface area contributed by atoms with Crippen molar-refractivity contribution in [2.45, 2.75) is 13.8 Å². The summed E-state index contributed by atoms with van der Waals surface area (Å²) >= 11 is 0. The molecule has 0 saturated heterocycles. The number of methoxy groups -OCH3 is 1.